The van der Waals surface area contributed by atoms with Crippen molar-refractivity contribution in [3.63, 3.8) is 0 Å². The van der Waals surface area contributed by atoms with E-state index >= 15 is 0 Å². The maximum absolute atomic E-state index is 6.31. The molecule has 0 spiro atoms. The second-order valence-corrected chi connectivity index (χ2v) is 7.03. The third-order valence-electron chi connectivity index (χ3n) is 3.00. The normalized spacial score (nSPS) is 16.4. The molecule has 16 heavy (non-hydrogen) atoms. The molecule has 1 unspecified atom stereocenters. The van der Waals surface area contributed by atoms with Crippen LogP contribution in [0, 0.1) is 0 Å². The average Bonchev–Trinajstić information content (AvgIpc) is 2.89. The summed E-state index contributed by atoms with van der Waals surface area (Å²) in [5.41, 5.74) is 7.84. The monoisotopic (exact) mass is 313 g/mol. The molecular weight excluding hydrogens is 302 g/mol. The van der Waals surface area contributed by atoms with Crippen LogP contribution in [0.15, 0.2) is 22.0 Å². The van der Waals surface area contributed by atoms with Crippen LogP contribution in [0.2, 0.25) is 0 Å². The Morgan fingerprint density at radius 2 is 2.25 bits per heavy atom. The quantitative estimate of drug-likeness (QED) is 0.887. The topological polar surface area (TPSA) is 26.0 Å². The summed E-state index contributed by atoms with van der Waals surface area (Å²) in [5, 5.41) is 2.08. The largest absolute Gasteiger partial charge is 0.319 e. The van der Waals surface area contributed by atoms with E-state index < -0.39 is 0 Å². The summed E-state index contributed by atoms with van der Waals surface area (Å²) >= 11 is 7.18. The maximum atomic E-state index is 6.31. The molecule has 0 amide bonds. The molecule has 0 radical (unpaired) electrons. The number of hydrogen-bond donors (Lipinski definition) is 1. The summed E-state index contributed by atoms with van der Waals surface area (Å²) in [6.07, 6.45) is 3.81. The highest BCUT2D eigenvalue weighted by Gasteiger charge is 2.20. The van der Waals surface area contributed by atoms with E-state index in [4.69, 9.17) is 5.73 Å². The summed E-state index contributed by atoms with van der Waals surface area (Å²) in [4.78, 5) is 4.10. The van der Waals surface area contributed by atoms with Gasteiger partial charge in [0.2, 0.25) is 0 Å². The molecule has 4 heteroatoms. The van der Waals surface area contributed by atoms with Crippen LogP contribution >= 0.6 is 38.6 Å². The molecule has 1 atom stereocenters. The molecule has 84 valence electrons. The Morgan fingerprint density at radius 1 is 1.38 bits per heavy atom. The lowest BCUT2D eigenvalue weighted by Gasteiger charge is -2.07. The van der Waals surface area contributed by atoms with Crippen LogP contribution < -0.4 is 5.73 Å². The SMILES string of the molecule is NC(c1cc2c(s1)CCC2)c1sccc1Br. The number of thiophene rings is 2. The van der Waals surface area contributed by atoms with Gasteiger partial charge in [0.15, 0.2) is 0 Å². The standard InChI is InChI=1S/C12H12BrNS2/c13-8-4-5-15-12(8)11(14)10-6-7-2-1-3-9(7)16-10/h4-6,11H,1-3,14H2. The van der Waals surface area contributed by atoms with Crippen LogP contribution in [0.5, 0.6) is 0 Å². The molecule has 1 nitrogen and oxygen atoms in total. The lowest BCUT2D eigenvalue weighted by molar-refractivity contribution is 0.893. The Hall–Kier alpha value is -0.160. The molecule has 1 aliphatic rings. The van der Waals surface area contributed by atoms with E-state index in [-0.39, 0.29) is 6.04 Å². The van der Waals surface area contributed by atoms with E-state index in [1.54, 1.807) is 16.2 Å². The van der Waals surface area contributed by atoms with Gasteiger partial charge in [0.25, 0.3) is 0 Å². The molecule has 2 heterocycles. The fraction of sp³-hybridized carbons (Fsp3) is 0.333. The highest BCUT2D eigenvalue weighted by molar-refractivity contribution is 9.10. The first-order chi connectivity index (χ1) is 7.75. The zero-order chi connectivity index (χ0) is 11.1. The molecule has 0 saturated carbocycles. The molecule has 0 aromatic carbocycles. The van der Waals surface area contributed by atoms with E-state index in [2.05, 4.69) is 33.4 Å². The number of halogens is 1. The van der Waals surface area contributed by atoms with Crippen molar-refractivity contribution in [1.29, 1.82) is 0 Å². The van der Waals surface area contributed by atoms with E-state index in [0.29, 0.717) is 0 Å². The molecule has 0 fully saturated rings. The van der Waals surface area contributed by atoms with Crippen LogP contribution in [-0.4, -0.2) is 0 Å². The van der Waals surface area contributed by atoms with Gasteiger partial charge in [-0.15, -0.1) is 22.7 Å². The van der Waals surface area contributed by atoms with Crippen molar-refractivity contribution in [3.05, 3.63) is 42.2 Å². The van der Waals surface area contributed by atoms with E-state index in [9.17, 15) is 0 Å². The Morgan fingerprint density at radius 3 is 2.94 bits per heavy atom. The van der Waals surface area contributed by atoms with Gasteiger partial charge in [0.1, 0.15) is 0 Å². The van der Waals surface area contributed by atoms with Crippen molar-refractivity contribution >= 4 is 38.6 Å². The first kappa shape index (κ1) is 11.0. The van der Waals surface area contributed by atoms with Crippen LogP contribution in [-0.2, 0) is 12.8 Å². The van der Waals surface area contributed by atoms with Gasteiger partial charge in [-0.3, -0.25) is 0 Å². The van der Waals surface area contributed by atoms with Crippen LogP contribution in [0.1, 0.15) is 32.7 Å². The average molecular weight is 314 g/mol. The molecule has 0 bridgehead atoms. The number of rotatable bonds is 2. The predicted molar refractivity (Wildman–Crippen MR) is 74.4 cm³/mol. The second kappa shape index (κ2) is 4.26. The fourth-order valence-corrected chi connectivity index (χ4v) is 5.14. The van der Waals surface area contributed by atoms with Crippen LogP contribution in [0.4, 0.5) is 0 Å². The molecule has 2 N–H and O–H groups in total. The van der Waals surface area contributed by atoms with Crippen molar-refractivity contribution in [2.75, 3.05) is 0 Å². The molecule has 2 aromatic rings. The molecular formula is C12H12BrNS2. The first-order valence-corrected chi connectivity index (χ1v) is 7.84. The van der Waals surface area contributed by atoms with Gasteiger partial charge in [-0.05, 0) is 58.3 Å². The number of nitrogens with two attached hydrogens (primary N) is 1. The van der Waals surface area contributed by atoms with Crippen molar-refractivity contribution < 1.29 is 0 Å². The highest BCUT2D eigenvalue weighted by Crippen LogP contribution is 2.38. The summed E-state index contributed by atoms with van der Waals surface area (Å²) in [6, 6.07) is 4.43. The Labute approximate surface area is 111 Å². The number of fused-ring (bicyclic) bond motifs is 1. The zero-order valence-corrected chi connectivity index (χ0v) is 11.9. The maximum Gasteiger partial charge on any atom is 0.0751 e. The van der Waals surface area contributed by atoms with Gasteiger partial charge >= 0.3 is 0 Å². The Balaban J connectivity index is 1.95. The van der Waals surface area contributed by atoms with Crippen LogP contribution in [0.3, 0.4) is 0 Å². The smallest absolute Gasteiger partial charge is 0.0751 e. The van der Waals surface area contributed by atoms with Gasteiger partial charge in [0.05, 0.1) is 6.04 Å². The first-order valence-electron chi connectivity index (χ1n) is 5.35. The molecule has 1 aliphatic carbocycles. The summed E-state index contributed by atoms with van der Waals surface area (Å²) < 4.78 is 1.14. The third-order valence-corrected chi connectivity index (χ3v) is 6.27. The zero-order valence-electron chi connectivity index (χ0n) is 8.70. The Kier molecular flexibility index (Phi) is 2.92. The van der Waals surface area contributed by atoms with Gasteiger partial charge in [-0.25, -0.2) is 0 Å². The Bertz CT molecular complexity index is 493. The lowest BCUT2D eigenvalue weighted by atomic mass is 10.2. The molecule has 3 rings (SSSR count). The van der Waals surface area contributed by atoms with Gasteiger partial charge in [-0.2, -0.15) is 0 Å². The fourth-order valence-electron chi connectivity index (χ4n) is 2.16. The lowest BCUT2D eigenvalue weighted by Crippen LogP contribution is -2.08. The van der Waals surface area contributed by atoms with Crippen molar-refractivity contribution in [2.45, 2.75) is 25.3 Å². The highest BCUT2D eigenvalue weighted by atomic mass is 79.9. The van der Waals surface area contributed by atoms with Crippen LogP contribution in [0.25, 0.3) is 0 Å². The van der Waals surface area contributed by atoms with Gasteiger partial charge < -0.3 is 5.73 Å². The van der Waals surface area contributed by atoms with Crippen molar-refractivity contribution in [1.82, 2.24) is 0 Å². The minimum absolute atomic E-state index is 0.0463. The van der Waals surface area contributed by atoms with E-state index in [1.807, 2.05) is 11.3 Å². The minimum atomic E-state index is 0.0463. The third kappa shape index (κ3) is 1.78. The second-order valence-electron chi connectivity index (χ2n) is 4.06. The van der Waals surface area contributed by atoms with E-state index in [1.165, 1.54) is 34.6 Å². The molecule has 2 aromatic heterocycles. The molecule has 0 aliphatic heterocycles. The van der Waals surface area contributed by atoms with E-state index in [0.717, 1.165) is 4.47 Å². The summed E-state index contributed by atoms with van der Waals surface area (Å²) in [5.74, 6) is 0. The minimum Gasteiger partial charge on any atom is -0.319 e. The summed E-state index contributed by atoms with van der Waals surface area (Å²) in [7, 11) is 0. The number of aryl methyl sites for hydroxylation is 2. The summed E-state index contributed by atoms with van der Waals surface area (Å²) in [6.45, 7) is 0. The van der Waals surface area contributed by atoms with Gasteiger partial charge in [-0.1, -0.05) is 0 Å². The van der Waals surface area contributed by atoms with Crippen molar-refractivity contribution in [3.8, 4) is 0 Å². The number of hydrogen-bond acceptors (Lipinski definition) is 3. The predicted octanol–water partition coefficient (Wildman–Crippen LogP) is 4.11. The van der Waals surface area contributed by atoms with Gasteiger partial charge in [0, 0.05) is 19.1 Å². The van der Waals surface area contributed by atoms with Crippen molar-refractivity contribution in [2.24, 2.45) is 5.73 Å². The molecule has 0 saturated heterocycles.